The lowest BCUT2D eigenvalue weighted by Gasteiger charge is -2.08. The fourth-order valence-electron chi connectivity index (χ4n) is 1.74. The SMILES string of the molecule is Cc1ccc(NC(=O)c2ccc(NN)cc2)cc1C. The summed E-state index contributed by atoms with van der Waals surface area (Å²) in [6.07, 6.45) is 0. The number of nitrogen functional groups attached to an aromatic ring is 1. The Morgan fingerprint density at radius 3 is 2.16 bits per heavy atom. The van der Waals surface area contributed by atoms with Gasteiger partial charge < -0.3 is 10.7 Å². The summed E-state index contributed by atoms with van der Waals surface area (Å²) in [7, 11) is 0. The molecule has 0 aliphatic rings. The average Bonchev–Trinajstić information content (AvgIpc) is 2.43. The first kappa shape index (κ1) is 13.1. The highest BCUT2D eigenvalue weighted by Gasteiger charge is 2.06. The number of hydrazine groups is 1. The van der Waals surface area contributed by atoms with Crippen molar-refractivity contribution in [3.05, 3.63) is 59.2 Å². The van der Waals surface area contributed by atoms with Gasteiger partial charge in [-0.15, -0.1) is 0 Å². The van der Waals surface area contributed by atoms with E-state index in [1.54, 1.807) is 24.3 Å². The van der Waals surface area contributed by atoms with Crippen molar-refractivity contribution in [2.24, 2.45) is 5.84 Å². The van der Waals surface area contributed by atoms with Crippen LogP contribution in [0.25, 0.3) is 0 Å². The normalized spacial score (nSPS) is 10.1. The van der Waals surface area contributed by atoms with Crippen LogP contribution >= 0.6 is 0 Å². The highest BCUT2D eigenvalue weighted by molar-refractivity contribution is 6.04. The Hall–Kier alpha value is -2.33. The summed E-state index contributed by atoms with van der Waals surface area (Å²) in [6.45, 7) is 4.06. The molecule has 4 N–H and O–H groups in total. The standard InChI is InChI=1S/C15H17N3O/c1-10-3-6-14(9-11(10)2)17-15(19)12-4-7-13(18-16)8-5-12/h3-9,18H,16H2,1-2H3,(H,17,19). The van der Waals surface area contributed by atoms with Crippen molar-refractivity contribution < 1.29 is 4.79 Å². The van der Waals surface area contributed by atoms with Crippen LogP contribution in [-0.2, 0) is 0 Å². The van der Waals surface area contributed by atoms with Crippen molar-refractivity contribution in [1.29, 1.82) is 0 Å². The first-order chi connectivity index (χ1) is 9.10. The minimum absolute atomic E-state index is 0.133. The van der Waals surface area contributed by atoms with Crippen LogP contribution in [0.3, 0.4) is 0 Å². The number of carbonyl (C=O) groups excluding carboxylic acids is 1. The molecule has 0 bridgehead atoms. The molecule has 2 rings (SSSR count). The molecule has 0 atom stereocenters. The number of rotatable bonds is 3. The van der Waals surface area contributed by atoms with E-state index in [1.165, 1.54) is 5.56 Å². The van der Waals surface area contributed by atoms with Gasteiger partial charge in [0, 0.05) is 16.9 Å². The van der Waals surface area contributed by atoms with Crippen molar-refractivity contribution in [2.45, 2.75) is 13.8 Å². The molecule has 19 heavy (non-hydrogen) atoms. The van der Waals surface area contributed by atoms with E-state index < -0.39 is 0 Å². The van der Waals surface area contributed by atoms with Gasteiger partial charge in [0.15, 0.2) is 0 Å². The number of nitrogens with two attached hydrogens (primary N) is 1. The number of benzene rings is 2. The molecule has 4 nitrogen and oxygen atoms in total. The maximum Gasteiger partial charge on any atom is 0.255 e. The molecule has 0 saturated carbocycles. The van der Waals surface area contributed by atoms with Crippen molar-refractivity contribution in [3.63, 3.8) is 0 Å². The number of anilines is 2. The summed E-state index contributed by atoms with van der Waals surface area (Å²) in [5, 5.41) is 2.87. The van der Waals surface area contributed by atoms with Gasteiger partial charge in [-0.05, 0) is 61.4 Å². The number of amides is 1. The molecule has 0 aliphatic carbocycles. The van der Waals surface area contributed by atoms with Crippen LogP contribution in [0.5, 0.6) is 0 Å². The van der Waals surface area contributed by atoms with E-state index in [0.717, 1.165) is 16.9 Å². The van der Waals surface area contributed by atoms with Crippen molar-refractivity contribution in [3.8, 4) is 0 Å². The van der Waals surface area contributed by atoms with Crippen LogP contribution in [0.2, 0.25) is 0 Å². The average molecular weight is 255 g/mol. The van der Waals surface area contributed by atoms with E-state index in [9.17, 15) is 4.79 Å². The Balaban J connectivity index is 2.13. The van der Waals surface area contributed by atoms with Gasteiger partial charge in [0.05, 0.1) is 0 Å². The van der Waals surface area contributed by atoms with Crippen molar-refractivity contribution in [1.82, 2.24) is 0 Å². The molecule has 2 aromatic rings. The summed E-state index contributed by atoms with van der Waals surface area (Å²) in [4.78, 5) is 12.0. The minimum Gasteiger partial charge on any atom is -0.324 e. The second-order valence-corrected chi connectivity index (χ2v) is 4.47. The maximum atomic E-state index is 12.0. The van der Waals surface area contributed by atoms with Gasteiger partial charge in [0.2, 0.25) is 0 Å². The highest BCUT2D eigenvalue weighted by Crippen LogP contribution is 2.16. The van der Waals surface area contributed by atoms with E-state index in [1.807, 2.05) is 32.0 Å². The van der Waals surface area contributed by atoms with E-state index in [4.69, 9.17) is 5.84 Å². The molecule has 0 saturated heterocycles. The fraction of sp³-hybridized carbons (Fsp3) is 0.133. The van der Waals surface area contributed by atoms with Crippen LogP contribution in [0.4, 0.5) is 11.4 Å². The summed E-state index contributed by atoms with van der Waals surface area (Å²) < 4.78 is 0. The van der Waals surface area contributed by atoms with Crippen molar-refractivity contribution in [2.75, 3.05) is 10.7 Å². The Kier molecular flexibility index (Phi) is 3.82. The number of carbonyl (C=O) groups is 1. The Morgan fingerprint density at radius 2 is 1.58 bits per heavy atom. The van der Waals surface area contributed by atoms with E-state index in [2.05, 4.69) is 10.7 Å². The highest BCUT2D eigenvalue weighted by atomic mass is 16.1. The molecular weight excluding hydrogens is 238 g/mol. The third kappa shape index (κ3) is 3.11. The lowest BCUT2D eigenvalue weighted by Crippen LogP contribution is -2.12. The zero-order chi connectivity index (χ0) is 13.8. The van der Waals surface area contributed by atoms with E-state index >= 15 is 0 Å². The molecule has 0 aromatic heterocycles. The lowest BCUT2D eigenvalue weighted by molar-refractivity contribution is 0.102. The molecule has 2 aromatic carbocycles. The predicted molar refractivity (Wildman–Crippen MR) is 78.1 cm³/mol. The number of nitrogens with one attached hydrogen (secondary N) is 2. The number of hydrogen-bond donors (Lipinski definition) is 3. The lowest BCUT2D eigenvalue weighted by atomic mass is 10.1. The smallest absolute Gasteiger partial charge is 0.255 e. The third-order valence-electron chi connectivity index (χ3n) is 3.08. The molecule has 0 aliphatic heterocycles. The largest absolute Gasteiger partial charge is 0.324 e. The summed E-state index contributed by atoms with van der Waals surface area (Å²) in [5.74, 6) is 5.15. The van der Waals surface area contributed by atoms with E-state index in [-0.39, 0.29) is 5.91 Å². The first-order valence-electron chi connectivity index (χ1n) is 6.05. The molecule has 4 heteroatoms. The Morgan fingerprint density at radius 1 is 0.947 bits per heavy atom. The van der Waals surface area contributed by atoms with Gasteiger partial charge in [0.1, 0.15) is 0 Å². The molecule has 0 radical (unpaired) electrons. The van der Waals surface area contributed by atoms with Crippen LogP contribution in [0.15, 0.2) is 42.5 Å². The van der Waals surface area contributed by atoms with Gasteiger partial charge in [-0.25, -0.2) is 0 Å². The Labute approximate surface area is 112 Å². The molecule has 0 fully saturated rings. The topological polar surface area (TPSA) is 67.2 Å². The molecule has 0 spiro atoms. The molecule has 98 valence electrons. The summed E-state index contributed by atoms with van der Waals surface area (Å²) >= 11 is 0. The monoisotopic (exact) mass is 255 g/mol. The molecular formula is C15H17N3O. The van der Waals surface area contributed by atoms with Gasteiger partial charge in [-0.1, -0.05) is 6.07 Å². The second kappa shape index (κ2) is 5.54. The van der Waals surface area contributed by atoms with Gasteiger partial charge in [-0.2, -0.15) is 0 Å². The quantitative estimate of drug-likeness (QED) is 0.583. The zero-order valence-electron chi connectivity index (χ0n) is 11.0. The first-order valence-corrected chi connectivity index (χ1v) is 6.05. The molecule has 0 heterocycles. The maximum absolute atomic E-state index is 12.0. The van der Waals surface area contributed by atoms with Crippen LogP contribution in [-0.4, -0.2) is 5.91 Å². The van der Waals surface area contributed by atoms with Gasteiger partial charge >= 0.3 is 0 Å². The second-order valence-electron chi connectivity index (χ2n) is 4.47. The van der Waals surface area contributed by atoms with Crippen LogP contribution in [0.1, 0.15) is 21.5 Å². The third-order valence-corrected chi connectivity index (χ3v) is 3.08. The fourth-order valence-corrected chi connectivity index (χ4v) is 1.74. The van der Waals surface area contributed by atoms with Crippen LogP contribution < -0.4 is 16.6 Å². The molecule has 0 unspecified atom stereocenters. The summed E-state index contributed by atoms with van der Waals surface area (Å²) in [5.41, 5.74) is 7.04. The van der Waals surface area contributed by atoms with E-state index in [0.29, 0.717) is 5.56 Å². The van der Waals surface area contributed by atoms with Gasteiger partial charge in [0.25, 0.3) is 5.91 Å². The molecule has 1 amide bonds. The zero-order valence-corrected chi connectivity index (χ0v) is 11.0. The van der Waals surface area contributed by atoms with Crippen LogP contribution in [0, 0.1) is 13.8 Å². The summed E-state index contributed by atoms with van der Waals surface area (Å²) in [6, 6.07) is 12.8. The number of aryl methyl sites for hydroxylation is 2. The predicted octanol–water partition coefficient (Wildman–Crippen LogP) is 2.84. The minimum atomic E-state index is -0.133. The van der Waals surface area contributed by atoms with Gasteiger partial charge in [-0.3, -0.25) is 10.6 Å². The van der Waals surface area contributed by atoms with Crippen molar-refractivity contribution >= 4 is 17.3 Å². The number of hydrogen-bond acceptors (Lipinski definition) is 3. The Bertz CT molecular complexity index is 591.